The SMILES string of the molecule is CCCOCCOCCOCCC[Si](C)(O[Si](C)(C)C)O[Si](C)(CCCC(C)C(=O)O)OC. The van der Waals surface area contributed by atoms with Crippen LogP contribution in [-0.4, -0.2) is 83.3 Å². The summed E-state index contributed by atoms with van der Waals surface area (Å²) in [6.45, 7) is 18.3. The monoisotopic (exact) mass is 526 g/mol. The largest absolute Gasteiger partial charge is 0.481 e. The molecule has 3 unspecified atom stereocenters. The molecule has 0 bridgehead atoms. The molecular weight excluding hydrogens is 476 g/mol. The van der Waals surface area contributed by atoms with E-state index < -0.39 is 31.4 Å². The average molecular weight is 527 g/mol. The normalized spacial score (nSPS) is 16.8. The van der Waals surface area contributed by atoms with Gasteiger partial charge in [0, 0.05) is 20.3 Å². The van der Waals surface area contributed by atoms with Gasteiger partial charge in [-0.05, 0) is 64.1 Å². The van der Waals surface area contributed by atoms with Gasteiger partial charge in [0.2, 0.25) is 0 Å². The molecule has 8 nitrogen and oxygen atoms in total. The van der Waals surface area contributed by atoms with Crippen LogP contribution >= 0.6 is 0 Å². The first kappa shape index (κ1) is 32.9. The van der Waals surface area contributed by atoms with Gasteiger partial charge in [-0.2, -0.15) is 0 Å². The van der Waals surface area contributed by atoms with E-state index in [2.05, 4.69) is 39.7 Å². The van der Waals surface area contributed by atoms with Gasteiger partial charge >= 0.3 is 23.1 Å². The molecule has 0 fully saturated rings. The summed E-state index contributed by atoms with van der Waals surface area (Å²) in [6.07, 6.45) is 3.27. The highest BCUT2D eigenvalue weighted by atomic mass is 28.5. The highest BCUT2D eigenvalue weighted by Gasteiger charge is 2.44. The van der Waals surface area contributed by atoms with Crippen LogP contribution < -0.4 is 0 Å². The number of ether oxygens (including phenoxy) is 3. The number of hydrogen-bond donors (Lipinski definition) is 1. The van der Waals surface area contributed by atoms with Crippen LogP contribution in [0.2, 0.25) is 44.8 Å². The van der Waals surface area contributed by atoms with Gasteiger partial charge in [-0.25, -0.2) is 0 Å². The summed E-state index contributed by atoms with van der Waals surface area (Å²) < 4.78 is 35.8. The molecule has 0 radical (unpaired) electrons. The lowest BCUT2D eigenvalue weighted by atomic mass is 10.1. The highest BCUT2D eigenvalue weighted by Crippen LogP contribution is 2.29. The van der Waals surface area contributed by atoms with Gasteiger partial charge in [0.25, 0.3) is 0 Å². The molecule has 33 heavy (non-hydrogen) atoms. The molecule has 0 aliphatic heterocycles. The molecule has 0 spiro atoms. The average Bonchev–Trinajstić information content (AvgIpc) is 2.70. The lowest BCUT2D eigenvalue weighted by Crippen LogP contribution is -2.55. The number of hydrogen-bond acceptors (Lipinski definition) is 7. The number of rotatable bonds is 22. The second-order valence-electron chi connectivity index (χ2n) is 9.86. The minimum atomic E-state index is -2.48. The summed E-state index contributed by atoms with van der Waals surface area (Å²) in [5.74, 6) is -1.11. The molecule has 1 N–H and O–H groups in total. The third-order valence-corrected chi connectivity index (χ3v) is 16.1. The second-order valence-corrected chi connectivity index (χ2v) is 21.7. The van der Waals surface area contributed by atoms with Crippen molar-refractivity contribution >= 4 is 31.4 Å². The smallest absolute Gasteiger partial charge is 0.325 e. The van der Waals surface area contributed by atoms with Crippen LogP contribution in [0.1, 0.15) is 39.5 Å². The fourth-order valence-electron chi connectivity index (χ4n) is 3.46. The molecule has 3 atom stereocenters. The predicted molar refractivity (Wildman–Crippen MR) is 139 cm³/mol. The van der Waals surface area contributed by atoms with Gasteiger partial charge < -0.3 is 32.0 Å². The van der Waals surface area contributed by atoms with E-state index in [0.717, 1.165) is 38.0 Å². The van der Waals surface area contributed by atoms with Crippen molar-refractivity contribution in [3.8, 4) is 0 Å². The zero-order chi connectivity index (χ0) is 25.4. The van der Waals surface area contributed by atoms with E-state index in [0.29, 0.717) is 39.5 Å². The molecular formula is C22H50O8Si3. The van der Waals surface area contributed by atoms with Crippen LogP contribution in [0.15, 0.2) is 0 Å². The molecule has 0 aliphatic carbocycles. The molecule has 0 aromatic rings. The van der Waals surface area contributed by atoms with Crippen molar-refractivity contribution in [2.75, 3.05) is 46.8 Å². The Hall–Kier alpha value is -0.119. The zero-order valence-electron chi connectivity index (χ0n) is 22.4. The molecule has 0 aromatic heterocycles. The van der Waals surface area contributed by atoms with E-state index in [1.54, 1.807) is 14.0 Å². The Balaban J connectivity index is 4.55. The van der Waals surface area contributed by atoms with Crippen molar-refractivity contribution in [3.63, 3.8) is 0 Å². The van der Waals surface area contributed by atoms with E-state index in [-0.39, 0.29) is 5.92 Å². The van der Waals surface area contributed by atoms with Crippen LogP contribution in [0.3, 0.4) is 0 Å². The van der Waals surface area contributed by atoms with Crippen LogP contribution in [-0.2, 0) is 31.7 Å². The van der Waals surface area contributed by atoms with Crippen molar-refractivity contribution in [1.29, 1.82) is 0 Å². The second kappa shape index (κ2) is 17.3. The Morgan fingerprint density at radius 1 is 0.788 bits per heavy atom. The summed E-state index contributed by atoms with van der Waals surface area (Å²) in [7, 11) is -5.06. The van der Waals surface area contributed by atoms with Crippen molar-refractivity contribution in [2.24, 2.45) is 5.92 Å². The first-order valence-corrected chi connectivity index (χ1v) is 20.7. The van der Waals surface area contributed by atoms with Gasteiger partial charge in [0.05, 0.1) is 32.3 Å². The summed E-state index contributed by atoms with van der Waals surface area (Å²) in [6, 6.07) is 1.59. The van der Waals surface area contributed by atoms with E-state index >= 15 is 0 Å². The van der Waals surface area contributed by atoms with Gasteiger partial charge in [-0.3, -0.25) is 4.79 Å². The van der Waals surface area contributed by atoms with Crippen molar-refractivity contribution < 1.29 is 36.8 Å². The zero-order valence-corrected chi connectivity index (χ0v) is 25.4. The van der Waals surface area contributed by atoms with Gasteiger partial charge in [-0.1, -0.05) is 20.3 Å². The Kier molecular flexibility index (Phi) is 17.3. The third kappa shape index (κ3) is 17.9. The first-order chi connectivity index (χ1) is 15.4. The van der Waals surface area contributed by atoms with E-state index in [9.17, 15) is 4.79 Å². The summed E-state index contributed by atoms with van der Waals surface area (Å²) in [5, 5.41) is 9.13. The Morgan fingerprint density at radius 3 is 1.79 bits per heavy atom. The number of aliphatic carboxylic acids is 1. The summed E-state index contributed by atoms with van der Waals surface area (Å²) in [4.78, 5) is 11.1. The molecule has 0 heterocycles. The minimum Gasteiger partial charge on any atom is -0.481 e. The maximum atomic E-state index is 11.1. The van der Waals surface area contributed by atoms with Crippen LogP contribution in [0.25, 0.3) is 0 Å². The molecule has 0 amide bonds. The Morgan fingerprint density at radius 2 is 1.30 bits per heavy atom. The third-order valence-electron chi connectivity index (χ3n) is 5.09. The van der Waals surface area contributed by atoms with Gasteiger partial charge in [-0.15, -0.1) is 0 Å². The van der Waals surface area contributed by atoms with Crippen LogP contribution in [0.4, 0.5) is 0 Å². The molecule has 0 aromatic carbocycles. The van der Waals surface area contributed by atoms with E-state index in [1.807, 2.05) is 0 Å². The van der Waals surface area contributed by atoms with Gasteiger partial charge in [0.15, 0.2) is 8.32 Å². The fourth-order valence-corrected chi connectivity index (χ4v) is 16.2. The Bertz CT molecular complexity index is 520. The molecule has 0 aliphatic rings. The lowest BCUT2D eigenvalue weighted by molar-refractivity contribution is -0.141. The standard InChI is InChI=1S/C22H50O8Si3/c1-9-13-26-15-17-28-18-16-27-14-11-20-33(8,29-31(4,5)6)30-32(7,25-3)19-10-12-21(2)22(23)24/h21H,9-20H2,1-8H3,(H,23,24). The molecule has 198 valence electrons. The van der Waals surface area contributed by atoms with Crippen LogP contribution in [0.5, 0.6) is 0 Å². The summed E-state index contributed by atoms with van der Waals surface area (Å²) >= 11 is 0. The highest BCUT2D eigenvalue weighted by molar-refractivity contribution is 6.86. The number of carboxylic acid groups (broad SMARTS) is 1. The summed E-state index contributed by atoms with van der Waals surface area (Å²) in [5.41, 5.74) is 0. The van der Waals surface area contributed by atoms with Gasteiger partial charge in [0.1, 0.15) is 0 Å². The maximum absolute atomic E-state index is 11.1. The van der Waals surface area contributed by atoms with Crippen molar-refractivity contribution in [2.45, 2.75) is 84.4 Å². The lowest BCUT2D eigenvalue weighted by Gasteiger charge is -2.40. The fraction of sp³-hybridized carbons (Fsp3) is 0.955. The number of carboxylic acids is 1. The number of carbonyl (C=O) groups is 1. The molecule has 11 heteroatoms. The minimum absolute atomic E-state index is 0.355. The topological polar surface area (TPSA) is 92.7 Å². The Labute approximate surface area is 205 Å². The van der Waals surface area contributed by atoms with E-state index in [1.165, 1.54) is 0 Å². The first-order valence-electron chi connectivity index (χ1n) is 12.3. The van der Waals surface area contributed by atoms with Crippen LogP contribution in [0, 0.1) is 5.92 Å². The maximum Gasteiger partial charge on any atom is 0.325 e. The quantitative estimate of drug-likeness (QED) is 0.156. The van der Waals surface area contributed by atoms with Crippen molar-refractivity contribution in [3.05, 3.63) is 0 Å². The predicted octanol–water partition coefficient (Wildman–Crippen LogP) is 5.00. The molecule has 0 saturated heterocycles. The molecule has 0 saturated carbocycles. The van der Waals surface area contributed by atoms with E-state index in [4.69, 9.17) is 32.0 Å². The molecule has 0 rings (SSSR count). The van der Waals surface area contributed by atoms with Crippen molar-refractivity contribution in [1.82, 2.24) is 0 Å².